The highest BCUT2D eigenvalue weighted by Gasteiger charge is 2.42. The fourth-order valence-corrected chi connectivity index (χ4v) is 3.04. The lowest BCUT2D eigenvalue weighted by atomic mass is 10.1. The van der Waals surface area contributed by atoms with Gasteiger partial charge < -0.3 is 14.8 Å². The van der Waals surface area contributed by atoms with Crippen LogP contribution in [0.2, 0.25) is 0 Å². The number of likely N-dealkylation sites (N-methyl/N-ethyl adjacent to an activating group) is 1. The van der Waals surface area contributed by atoms with E-state index in [0.717, 1.165) is 19.0 Å². The molecule has 0 unspecified atom stereocenters. The highest BCUT2D eigenvalue weighted by Crippen LogP contribution is 2.31. The number of rotatable bonds is 1. The van der Waals surface area contributed by atoms with Gasteiger partial charge >= 0.3 is 0 Å². The summed E-state index contributed by atoms with van der Waals surface area (Å²) in [5, 5.41) is 0. The number of carbonyl (C=O) groups is 2. The van der Waals surface area contributed by atoms with Crippen molar-refractivity contribution in [3.63, 3.8) is 0 Å². The predicted molar refractivity (Wildman–Crippen MR) is 70.1 cm³/mol. The third-order valence-electron chi connectivity index (χ3n) is 4.07. The Morgan fingerprint density at radius 1 is 1.35 bits per heavy atom. The van der Waals surface area contributed by atoms with Crippen LogP contribution in [0.25, 0.3) is 0 Å². The first-order chi connectivity index (χ1) is 9.56. The van der Waals surface area contributed by atoms with Crippen molar-refractivity contribution in [1.29, 1.82) is 0 Å². The molecule has 2 amide bonds. The fourth-order valence-electron chi connectivity index (χ4n) is 3.04. The molecule has 0 aliphatic carbocycles. The van der Waals surface area contributed by atoms with E-state index in [-0.39, 0.29) is 35.2 Å². The Morgan fingerprint density at radius 3 is 2.80 bits per heavy atom. The van der Waals surface area contributed by atoms with Crippen LogP contribution in [0, 0.1) is 0 Å². The highest BCUT2D eigenvalue weighted by atomic mass is 16.2. The van der Waals surface area contributed by atoms with Crippen LogP contribution in [-0.2, 0) is 4.79 Å². The van der Waals surface area contributed by atoms with Gasteiger partial charge in [-0.25, -0.2) is 4.98 Å². The summed E-state index contributed by atoms with van der Waals surface area (Å²) in [4.78, 5) is 45.2. The second-order valence-electron chi connectivity index (χ2n) is 5.37. The third-order valence-corrected chi connectivity index (χ3v) is 4.07. The van der Waals surface area contributed by atoms with Crippen molar-refractivity contribution in [3.8, 4) is 0 Å². The summed E-state index contributed by atoms with van der Waals surface area (Å²) in [7, 11) is 1.77. The Hall–Kier alpha value is -2.18. The zero-order valence-corrected chi connectivity index (χ0v) is 11.2. The number of nitrogens with zero attached hydrogens (tertiary/aromatic N) is 3. The summed E-state index contributed by atoms with van der Waals surface area (Å²) < 4.78 is 0. The first kappa shape index (κ1) is 12.8. The zero-order valence-electron chi connectivity index (χ0n) is 11.2. The van der Waals surface area contributed by atoms with Crippen LogP contribution in [0.5, 0.6) is 0 Å². The minimum atomic E-state index is -0.338. The molecule has 0 saturated carbocycles. The number of likely N-dealkylation sites (tertiary alicyclic amines) is 1. The predicted octanol–water partition coefficient (Wildman–Crippen LogP) is -0.395. The van der Waals surface area contributed by atoms with Gasteiger partial charge in [-0.3, -0.25) is 14.4 Å². The van der Waals surface area contributed by atoms with Crippen molar-refractivity contribution < 1.29 is 9.59 Å². The van der Waals surface area contributed by atoms with E-state index in [9.17, 15) is 14.4 Å². The van der Waals surface area contributed by atoms with Crippen molar-refractivity contribution in [2.24, 2.45) is 0 Å². The molecule has 3 rings (SSSR count). The number of aromatic nitrogens is 2. The molecule has 1 N–H and O–H groups in total. The molecule has 7 nitrogen and oxygen atoms in total. The first-order valence-corrected chi connectivity index (χ1v) is 6.67. The number of nitrogens with one attached hydrogen (secondary N) is 1. The minimum Gasteiger partial charge on any atom is -0.344 e. The molecule has 2 aliphatic heterocycles. The van der Waals surface area contributed by atoms with Gasteiger partial charge in [0.15, 0.2) is 0 Å². The molecule has 1 aromatic rings. The van der Waals surface area contributed by atoms with Gasteiger partial charge in [-0.05, 0) is 12.8 Å². The van der Waals surface area contributed by atoms with Crippen LogP contribution >= 0.6 is 0 Å². The summed E-state index contributed by atoms with van der Waals surface area (Å²) in [5.74, 6) is -0.138. The van der Waals surface area contributed by atoms with Crippen LogP contribution < -0.4 is 5.56 Å². The molecule has 2 saturated heterocycles. The van der Waals surface area contributed by atoms with Gasteiger partial charge in [0.05, 0.1) is 12.2 Å². The van der Waals surface area contributed by atoms with Crippen LogP contribution in [0.4, 0.5) is 0 Å². The number of hydrogen-bond donors (Lipinski definition) is 1. The van der Waals surface area contributed by atoms with Crippen LogP contribution in [-0.4, -0.2) is 57.3 Å². The molecule has 7 heteroatoms. The zero-order chi connectivity index (χ0) is 14.3. The van der Waals surface area contributed by atoms with E-state index in [4.69, 9.17) is 0 Å². The van der Waals surface area contributed by atoms with Crippen molar-refractivity contribution >= 4 is 11.8 Å². The van der Waals surface area contributed by atoms with Crippen LogP contribution in [0.1, 0.15) is 29.8 Å². The standard InChI is InChI=1S/C13H16N4O3/c1-16-7-9-3-2-8(4-12(16)19)17(9)13(20)10-5-15-11(18)6-14-10/h5-6,8-9H,2-4,7H2,1H3,(H,15,18)/t8-,9+/m1/s1. The molecule has 1 aromatic heterocycles. The lowest BCUT2D eigenvalue weighted by Crippen LogP contribution is -2.43. The average molecular weight is 276 g/mol. The summed E-state index contributed by atoms with van der Waals surface area (Å²) in [6, 6.07) is -0.0173. The van der Waals surface area contributed by atoms with E-state index in [2.05, 4.69) is 9.97 Å². The van der Waals surface area contributed by atoms with Gasteiger partial charge in [0.25, 0.3) is 11.5 Å². The highest BCUT2D eigenvalue weighted by molar-refractivity contribution is 5.93. The smallest absolute Gasteiger partial charge is 0.274 e. The average Bonchev–Trinajstić information content (AvgIpc) is 2.75. The maximum Gasteiger partial charge on any atom is 0.274 e. The summed E-state index contributed by atoms with van der Waals surface area (Å²) in [5.41, 5.74) is -0.117. The molecule has 20 heavy (non-hydrogen) atoms. The van der Waals surface area contributed by atoms with E-state index in [1.54, 1.807) is 16.8 Å². The van der Waals surface area contributed by atoms with E-state index < -0.39 is 0 Å². The van der Waals surface area contributed by atoms with Crippen molar-refractivity contribution in [1.82, 2.24) is 19.8 Å². The normalized spacial score (nSPS) is 25.8. The largest absolute Gasteiger partial charge is 0.344 e. The summed E-state index contributed by atoms with van der Waals surface area (Å²) in [6.45, 7) is 0.560. The molecule has 106 valence electrons. The number of fused-ring (bicyclic) bond motifs is 2. The van der Waals surface area contributed by atoms with E-state index in [1.807, 2.05) is 0 Å². The second kappa shape index (κ2) is 4.73. The maximum absolute atomic E-state index is 12.5. The Bertz CT molecular complexity index is 591. The lowest BCUT2D eigenvalue weighted by Gasteiger charge is -2.27. The minimum absolute atomic E-state index is 0.0395. The molecule has 0 radical (unpaired) electrons. The van der Waals surface area contributed by atoms with Gasteiger partial charge in [0.2, 0.25) is 5.91 Å². The van der Waals surface area contributed by atoms with E-state index >= 15 is 0 Å². The molecule has 0 spiro atoms. The summed E-state index contributed by atoms with van der Waals surface area (Å²) >= 11 is 0. The quantitative estimate of drug-likeness (QED) is 0.756. The van der Waals surface area contributed by atoms with Gasteiger partial charge in [0.1, 0.15) is 5.69 Å². The summed E-state index contributed by atoms with van der Waals surface area (Å²) in [6.07, 6.45) is 4.55. The monoisotopic (exact) mass is 276 g/mol. The Kier molecular flexibility index (Phi) is 3.04. The fraction of sp³-hybridized carbons (Fsp3) is 0.538. The molecule has 2 atom stereocenters. The molecular weight excluding hydrogens is 260 g/mol. The van der Waals surface area contributed by atoms with Crippen molar-refractivity contribution in [2.75, 3.05) is 13.6 Å². The number of amides is 2. The maximum atomic E-state index is 12.5. The number of hydrogen-bond acceptors (Lipinski definition) is 4. The number of aromatic amines is 1. The topological polar surface area (TPSA) is 86.4 Å². The van der Waals surface area contributed by atoms with E-state index in [0.29, 0.717) is 13.0 Å². The van der Waals surface area contributed by atoms with Crippen molar-refractivity contribution in [2.45, 2.75) is 31.3 Å². The molecule has 2 bridgehead atoms. The Balaban J connectivity index is 1.89. The van der Waals surface area contributed by atoms with E-state index in [1.165, 1.54) is 6.20 Å². The molecule has 2 aliphatic rings. The van der Waals surface area contributed by atoms with Gasteiger partial charge in [-0.15, -0.1) is 0 Å². The number of H-pyrrole nitrogens is 1. The molecule has 0 aromatic carbocycles. The van der Waals surface area contributed by atoms with Gasteiger partial charge in [-0.1, -0.05) is 0 Å². The Morgan fingerprint density at radius 2 is 2.10 bits per heavy atom. The first-order valence-electron chi connectivity index (χ1n) is 6.67. The van der Waals surface area contributed by atoms with Crippen molar-refractivity contribution in [3.05, 3.63) is 28.4 Å². The second-order valence-corrected chi connectivity index (χ2v) is 5.37. The van der Waals surface area contributed by atoms with Crippen LogP contribution in [0.15, 0.2) is 17.2 Å². The molecular formula is C13H16N4O3. The van der Waals surface area contributed by atoms with Crippen LogP contribution in [0.3, 0.4) is 0 Å². The molecule has 3 heterocycles. The third kappa shape index (κ3) is 2.09. The lowest BCUT2D eigenvalue weighted by molar-refractivity contribution is -0.130. The number of carbonyl (C=O) groups excluding carboxylic acids is 2. The van der Waals surface area contributed by atoms with Gasteiger partial charge in [-0.2, -0.15) is 0 Å². The molecule has 2 fully saturated rings. The van der Waals surface area contributed by atoms with Gasteiger partial charge in [0, 0.05) is 32.3 Å². The Labute approximate surface area is 115 Å². The SMILES string of the molecule is CN1C[C@@H]2CC[C@H](CC1=O)N2C(=O)c1c[nH]c(=O)cn1.